The number of thiophene rings is 1. The Hall–Kier alpha value is -5.16. The maximum Gasteiger partial charge on any atom is 0.293 e. The number of allylic oxidation sites excluding steroid dienone is 2. The number of benzene rings is 2. The Balaban J connectivity index is 0.998. The fourth-order valence-corrected chi connectivity index (χ4v) is 10.9. The summed E-state index contributed by atoms with van der Waals surface area (Å²) in [6.07, 6.45) is 12.2. The number of nitrogens with zero attached hydrogens (tertiary/aromatic N) is 3. The number of rotatable bonds is 14. The van der Waals surface area contributed by atoms with E-state index in [4.69, 9.17) is 9.47 Å². The average molecular weight is 884 g/mol. The second-order valence-electron chi connectivity index (χ2n) is 18.0. The van der Waals surface area contributed by atoms with Crippen molar-refractivity contribution in [1.82, 2.24) is 20.3 Å². The fourth-order valence-electron chi connectivity index (χ4n) is 8.89. The number of piperazine rings is 1. The second kappa shape index (κ2) is 18.3. The van der Waals surface area contributed by atoms with Gasteiger partial charge in [0, 0.05) is 76.5 Å². The number of amides is 1. The van der Waals surface area contributed by atoms with E-state index in [1.807, 2.05) is 24.4 Å². The van der Waals surface area contributed by atoms with Crippen LogP contribution in [0.3, 0.4) is 0 Å². The topological polar surface area (TPSA) is 167 Å². The molecule has 0 bridgehead atoms. The Morgan fingerprint density at radius 2 is 1.87 bits per heavy atom. The van der Waals surface area contributed by atoms with Gasteiger partial charge in [0.05, 0.1) is 15.4 Å². The molecule has 62 heavy (non-hydrogen) atoms. The number of sulfonamides is 1. The molecule has 1 aromatic heterocycles. The van der Waals surface area contributed by atoms with Gasteiger partial charge in [-0.1, -0.05) is 33.3 Å². The van der Waals surface area contributed by atoms with E-state index in [-0.39, 0.29) is 34.5 Å². The van der Waals surface area contributed by atoms with E-state index in [2.05, 4.69) is 68.9 Å². The Morgan fingerprint density at radius 3 is 2.63 bits per heavy atom. The van der Waals surface area contributed by atoms with Crippen LogP contribution < -0.4 is 30.3 Å². The Labute approximate surface area is 368 Å². The highest BCUT2D eigenvalue weighted by molar-refractivity contribution is 7.90. The molecule has 1 aliphatic carbocycles. The van der Waals surface area contributed by atoms with Crippen LogP contribution in [-0.4, -0.2) is 82.8 Å². The number of ether oxygens (including phenoxy) is 2. The molecule has 14 nitrogen and oxygen atoms in total. The predicted molar refractivity (Wildman–Crippen MR) is 244 cm³/mol. The van der Waals surface area contributed by atoms with Gasteiger partial charge in [-0.25, -0.2) is 13.1 Å². The van der Waals surface area contributed by atoms with Gasteiger partial charge in [0.25, 0.3) is 21.6 Å². The lowest BCUT2D eigenvalue weighted by Crippen LogP contribution is -2.47. The highest BCUT2D eigenvalue weighted by Crippen LogP contribution is 2.46. The van der Waals surface area contributed by atoms with Gasteiger partial charge in [-0.05, 0) is 125 Å². The van der Waals surface area contributed by atoms with E-state index in [0.29, 0.717) is 31.4 Å². The predicted octanol–water partition coefficient (Wildman–Crippen LogP) is 7.72. The van der Waals surface area contributed by atoms with Crippen molar-refractivity contribution in [2.24, 2.45) is 11.3 Å². The fraction of sp³-hybridized carbons (Fsp3) is 0.457. The van der Waals surface area contributed by atoms with Crippen LogP contribution in [0.2, 0.25) is 0 Å². The minimum Gasteiger partial charge on any atom is -0.455 e. The van der Waals surface area contributed by atoms with Crippen LogP contribution in [0.25, 0.3) is 5.57 Å². The molecule has 8 rings (SSSR count). The van der Waals surface area contributed by atoms with Gasteiger partial charge in [-0.3, -0.25) is 19.8 Å². The first-order valence-corrected chi connectivity index (χ1v) is 24.0. The summed E-state index contributed by atoms with van der Waals surface area (Å²) in [4.78, 5) is 29.8. The molecule has 0 spiro atoms. The van der Waals surface area contributed by atoms with E-state index >= 15 is 0 Å². The Bertz CT molecular complexity index is 2420. The third kappa shape index (κ3) is 9.88. The normalized spacial score (nSPS) is 20.5. The van der Waals surface area contributed by atoms with Crippen molar-refractivity contribution >= 4 is 49.9 Å². The summed E-state index contributed by atoms with van der Waals surface area (Å²) in [6.45, 7) is 15.2. The molecule has 5 heterocycles. The van der Waals surface area contributed by atoms with E-state index in [1.165, 1.54) is 35.3 Å². The van der Waals surface area contributed by atoms with Crippen molar-refractivity contribution in [1.29, 1.82) is 0 Å². The zero-order chi connectivity index (χ0) is 43.6. The number of anilines is 2. The highest BCUT2D eigenvalue weighted by atomic mass is 32.2. The molecular formula is C46H57N7O7S2. The second-order valence-corrected chi connectivity index (χ2v) is 20.4. The van der Waals surface area contributed by atoms with Gasteiger partial charge in [-0.15, -0.1) is 0 Å². The molecular weight excluding hydrogens is 827 g/mol. The number of hydrogen-bond acceptors (Lipinski definition) is 13. The molecule has 5 aliphatic rings. The maximum atomic E-state index is 13.9. The van der Waals surface area contributed by atoms with E-state index in [0.717, 1.165) is 75.7 Å². The van der Waals surface area contributed by atoms with E-state index < -0.39 is 31.4 Å². The third-order valence-electron chi connectivity index (χ3n) is 12.6. The minimum atomic E-state index is -4.54. The number of nitro benzene ring substituents is 1. The summed E-state index contributed by atoms with van der Waals surface area (Å²) in [7, 11) is -4.54. The van der Waals surface area contributed by atoms with Gasteiger partial charge in [0.1, 0.15) is 23.4 Å². The first kappa shape index (κ1) is 43.5. The number of hydrogen-bond donors (Lipinski definition) is 4. The van der Waals surface area contributed by atoms with Crippen molar-refractivity contribution in [3.63, 3.8) is 0 Å². The van der Waals surface area contributed by atoms with E-state index in [1.54, 1.807) is 35.2 Å². The lowest BCUT2D eigenvalue weighted by atomic mass is 9.72. The summed E-state index contributed by atoms with van der Waals surface area (Å²) < 4.78 is 41.3. The standard InChI is InChI=1S/C46H57N7O7S2/c1-30(2)39-28-61-29-40(39)38-24-46(3,4)13-9-33(38)27-51-15-17-52(18-16-51)34-5-7-37(43(22-34)60-35-21-32-10-14-47-44(32)49-26-35)45(54)50-62(57,58)36-6-8-41(42(23-36)53(55)56)48-25-31-11-19-59-20-12-31/h5-8,10,14,21-23,26,28-31,44,47-49H,9,11-13,15-20,24-25,27H2,1-4H3,(H,50,54). The maximum absolute atomic E-state index is 13.9. The van der Waals surface area contributed by atoms with Crippen molar-refractivity contribution in [3.8, 4) is 5.75 Å². The third-order valence-corrected chi connectivity index (χ3v) is 14.7. The Kier molecular flexibility index (Phi) is 12.8. The smallest absolute Gasteiger partial charge is 0.293 e. The molecule has 330 valence electrons. The molecule has 4 aliphatic heterocycles. The van der Waals surface area contributed by atoms with E-state index in [9.17, 15) is 23.3 Å². The van der Waals surface area contributed by atoms with Crippen LogP contribution in [-0.2, 0) is 14.8 Å². The van der Waals surface area contributed by atoms with Crippen molar-refractivity contribution in [2.45, 2.75) is 76.8 Å². The van der Waals surface area contributed by atoms with Crippen LogP contribution >= 0.6 is 11.3 Å². The van der Waals surface area contributed by atoms with Crippen LogP contribution in [0.1, 0.15) is 87.2 Å². The largest absolute Gasteiger partial charge is 0.455 e. The highest BCUT2D eigenvalue weighted by Gasteiger charge is 2.32. The lowest BCUT2D eigenvalue weighted by Gasteiger charge is -2.39. The summed E-state index contributed by atoms with van der Waals surface area (Å²) >= 11 is 1.80. The number of nitro groups is 1. The molecule has 4 N–H and O–H groups in total. The summed E-state index contributed by atoms with van der Waals surface area (Å²) in [6, 6.07) is 8.77. The van der Waals surface area contributed by atoms with Gasteiger partial charge in [0.2, 0.25) is 0 Å². The van der Waals surface area contributed by atoms with Crippen LogP contribution in [0.4, 0.5) is 17.1 Å². The number of nitrogens with one attached hydrogen (secondary N) is 4. The van der Waals surface area contributed by atoms with Gasteiger partial charge in [-0.2, -0.15) is 11.3 Å². The minimum absolute atomic E-state index is 0.00407. The number of carbonyl (C=O) groups excluding carboxylic acids is 1. The molecule has 0 radical (unpaired) electrons. The zero-order valence-corrected chi connectivity index (χ0v) is 37.5. The molecule has 16 heteroatoms. The molecule has 2 aromatic carbocycles. The van der Waals surface area contributed by atoms with Gasteiger partial charge < -0.3 is 30.3 Å². The van der Waals surface area contributed by atoms with Crippen LogP contribution in [0, 0.1) is 21.4 Å². The van der Waals surface area contributed by atoms with Crippen LogP contribution in [0.5, 0.6) is 5.75 Å². The monoisotopic (exact) mass is 883 g/mol. The van der Waals surface area contributed by atoms with Crippen molar-refractivity contribution in [2.75, 3.05) is 62.7 Å². The molecule has 1 amide bonds. The first-order valence-electron chi connectivity index (χ1n) is 21.6. The molecule has 0 saturated carbocycles. The molecule has 2 saturated heterocycles. The SMILES string of the molecule is CC(C)c1cscc1C1=C(CN2CCN(c3ccc(C(=O)NS(=O)(=O)c4ccc(NCC5CCOCC5)c([N+](=O)[O-])c4)c(OC4=CNC5NC=CC5=C4)c3)CC2)CCC(C)(C)C1. The van der Waals surface area contributed by atoms with Crippen molar-refractivity contribution in [3.05, 3.63) is 115 Å². The summed E-state index contributed by atoms with van der Waals surface area (Å²) in [5, 5.41) is 26.3. The number of fused-ring (bicyclic) bond motifs is 1. The first-order chi connectivity index (χ1) is 29.7. The van der Waals surface area contributed by atoms with Crippen molar-refractivity contribution < 1.29 is 27.6 Å². The quantitative estimate of drug-likeness (QED) is 0.0922. The Morgan fingerprint density at radius 1 is 1.08 bits per heavy atom. The molecule has 2 fully saturated rings. The average Bonchev–Trinajstić information content (AvgIpc) is 3.94. The van der Waals surface area contributed by atoms with Gasteiger partial charge in [0.15, 0.2) is 0 Å². The summed E-state index contributed by atoms with van der Waals surface area (Å²) in [5.74, 6) is 0.438. The lowest BCUT2D eigenvalue weighted by molar-refractivity contribution is -0.384. The van der Waals surface area contributed by atoms with Crippen LogP contribution in [0.15, 0.2) is 93.5 Å². The number of dihydropyridines is 1. The zero-order valence-electron chi connectivity index (χ0n) is 35.9. The molecule has 1 atom stereocenters. The molecule has 1 unspecified atom stereocenters. The molecule has 3 aromatic rings. The number of carbonyl (C=O) groups is 1. The summed E-state index contributed by atoms with van der Waals surface area (Å²) in [5.41, 5.74) is 7.79. The van der Waals surface area contributed by atoms with Gasteiger partial charge >= 0.3 is 0 Å².